The highest BCUT2D eigenvalue weighted by atomic mass is 19.1. The van der Waals surface area contributed by atoms with Gasteiger partial charge in [0.2, 0.25) is 0 Å². The molecule has 100 valence electrons. The van der Waals surface area contributed by atoms with Gasteiger partial charge in [0.05, 0.1) is 18.5 Å². The lowest BCUT2D eigenvalue weighted by molar-refractivity contribution is 0.416. The minimum Gasteiger partial charge on any atom is -0.495 e. The molecule has 0 heterocycles. The monoisotopic (exact) mass is 264 g/mol. The summed E-state index contributed by atoms with van der Waals surface area (Å²) in [5, 5.41) is 0. The molecule has 0 saturated carbocycles. The molecule has 0 aromatic heterocycles. The summed E-state index contributed by atoms with van der Waals surface area (Å²) in [4.78, 5) is 1.59. The molecular weight excluding hydrogens is 250 g/mol. The quantitative estimate of drug-likeness (QED) is 0.864. The maximum Gasteiger partial charge on any atom is 0.149 e. The zero-order valence-corrected chi connectivity index (χ0v) is 10.7. The fourth-order valence-corrected chi connectivity index (χ4v) is 1.80. The number of halogens is 2. The Kier molecular flexibility index (Phi) is 3.55. The Morgan fingerprint density at radius 3 is 2.32 bits per heavy atom. The second-order valence-corrected chi connectivity index (χ2v) is 4.08. The Balaban J connectivity index is 2.43. The minimum atomic E-state index is -0.467. The van der Waals surface area contributed by atoms with E-state index in [2.05, 4.69) is 0 Å². The molecule has 0 saturated heterocycles. The number of nitrogens with zero attached hydrogens (tertiary/aromatic N) is 1. The third kappa shape index (κ3) is 2.59. The Labute approximate surface area is 110 Å². The summed E-state index contributed by atoms with van der Waals surface area (Å²) < 4.78 is 31.9. The van der Waals surface area contributed by atoms with Crippen molar-refractivity contribution in [2.75, 3.05) is 24.8 Å². The van der Waals surface area contributed by atoms with Crippen LogP contribution in [0, 0.1) is 11.6 Å². The van der Waals surface area contributed by atoms with E-state index in [-0.39, 0.29) is 11.5 Å². The maximum atomic E-state index is 13.9. The summed E-state index contributed by atoms with van der Waals surface area (Å²) in [6.45, 7) is 0. The van der Waals surface area contributed by atoms with E-state index < -0.39 is 5.82 Å². The van der Waals surface area contributed by atoms with Crippen molar-refractivity contribution in [1.29, 1.82) is 0 Å². The molecule has 0 aliphatic carbocycles. The van der Waals surface area contributed by atoms with Gasteiger partial charge in [0.15, 0.2) is 0 Å². The van der Waals surface area contributed by atoms with Crippen LogP contribution in [0.25, 0.3) is 0 Å². The number of hydrogen-bond acceptors (Lipinski definition) is 3. The number of nitrogen functional groups attached to an aromatic ring is 1. The second kappa shape index (κ2) is 5.14. The van der Waals surface area contributed by atoms with Gasteiger partial charge in [-0.15, -0.1) is 0 Å². The van der Waals surface area contributed by atoms with E-state index in [9.17, 15) is 8.78 Å². The van der Waals surface area contributed by atoms with Crippen molar-refractivity contribution < 1.29 is 13.5 Å². The second-order valence-electron chi connectivity index (χ2n) is 4.08. The fourth-order valence-electron chi connectivity index (χ4n) is 1.80. The van der Waals surface area contributed by atoms with Gasteiger partial charge in [0.1, 0.15) is 17.4 Å². The zero-order valence-electron chi connectivity index (χ0n) is 10.7. The molecule has 3 nitrogen and oxygen atoms in total. The van der Waals surface area contributed by atoms with Crippen molar-refractivity contribution in [3.63, 3.8) is 0 Å². The Morgan fingerprint density at radius 1 is 1.11 bits per heavy atom. The van der Waals surface area contributed by atoms with Gasteiger partial charge in [-0.3, -0.25) is 0 Å². The van der Waals surface area contributed by atoms with E-state index in [0.717, 1.165) is 0 Å². The number of nitrogens with two attached hydrogens (primary N) is 1. The molecule has 0 aliphatic rings. The number of rotatable bonds is 3. The number of benzene rings is 2. The number of ether oxygens (including phenoxy) is 1. The van der Waals surface area contributed by atoms with E-state index in [1.165, 1.54) is 31.4 Å². The first kappa shape index (κ1) is 13.1. The zero-order chi connectivity index (χ0) is 14.0. The van der Waals surface area contributed by atoms with E-state index in [0.29, 0.717) is 17.1 Å². The van der Waals surface area contributed by atoms with Crippen LogP contribution in [-0.2, 0) is 0 Å². The summed E-state index contributed by atoms with van der Waals surface area (Å²) in [6, 6.07) is 8.48. The average Bonchev–Trinajstić information content (AvgIpc) is 2.39. The van der Waals surface area contributed by atoms with Gasteiger partial charge in [-0.1, -0.05) is 0 Å². The molecule has 2 aromatic carbocycles. The van der Waals surface area contributed by atoms with Crippen molar-refractivity contribution in [2.24, 2.45) is 0 Å². The Bertz CT molecular complexity index is 585. The molecule has 0 amide bonds. The van der Waals surface area contributed by atoms with Crippen LogP contribution in [0.4, 0.5) is 25.8 Å². The summed E-state index contributed by atoms with van der Waals surface area (Å²) in [5.74, 6) is -0.414. The number of hydrogen-bond donors (Lipinski definition) is 1. The third-order valence-electron chi connectivity index (χ3n) is 2.87. The van der Waals surface area contributed by atoms with Crippen LogP contribution in [0.2, 0.25) is 0 Å². The summed E-state index contributed by atoms with van der Waals surface area (Å²) in [5.41, 5.74) is 6.82. The Hall–Kier alpha value is -2.30. The predicted molar refractivity (Wildman–Crippen MR) is 71.8 cm³/mol. The van der Waals surface area contributed by atoms with Crippen molar-refractivity contribution in [3.05, 3.63) is 48.0 Å². The molecule has 0 bridgehead atoms. The van der Waals surface area contributed by atoms with Crippen molar-refractivity contribution >= 4 is 17.1 Å². The van der Waals surface area contributed by atoms with Gasteiger partial charge in [0, 0.05) is 24.9 Å². The van der Waals surface area contributed by atoms with Crippen molar-refractivity contribution in [3.8, 4) is 5.75 Å². The van der Waals surface area contributed by atoms with E-state index >= 15 is 0 Å². The van der Waals surface area contributed by atoms with Crippen LogP contribution in [0.5, 0.6) is 5.75 Å². The van der Waals surface area contributed by atoms with E-state index in [1.807, 2.05) is 0 Å². The molecule has 0 atom stereocenters. The lowest BCUT2D eigenvalue weighted by Crippen LogP contribution is -2.12. The van der Waals surface area contributed by atoms with Gasteiger partial charge < -0.3 is 15.4 Å². The van der Waals surface area contributed by atoms with Crippen LogP contribution in [-0.4, -0.2) is 14.2 Å². The summed E-state index contributed by atoms with van der Waals surface area (Å²) in [7, 11) is 3.15. The molecule has 0 unspecified atom stereocenters. The predicted octanol–water partition coefficient (Wildman–Crippen LogP) is 3.32. The summed E-state index contributed by atoms with van der Waals surface area (Å²) >= 11 is 0. The number of methoxy groups -OCH3 is 1. The highest BCUT2D eigenvalue weighted by Crippen LogP contribution is 2.33. The lowest BCUT2D eigenvalue weighted by Gasteiger charge is -2.21. The Morgan fingerprint density at radius 2 is 1.74 bits per heavy atom. The van der Waals surface area contributed by atoms with E-state index in [4.69, 9.17) is 10.5 Å². The van der Waals surface area contributed by atoms with Gasteiger partial charge in [-0.2, -0.15) is 0 Å². The first-order valence-corrected chi connectivity index (χ1v) is 5.65. The van der Waals surface area contributed by atoms with E-state index in [1.54, 1.807) is 24.1 Å². The van der Waals surface area contributed by atoms with Gasteiger partial charge in [0.25, 0.3) is 0 Å². The third-order valence-corrected chi connectivity index (χ3v) is 2.87. The van der Waals surface area contributed by atoms with Gasteiger partial charge in [-0.05, 0) is 24.3 Å². The van der Waals surface area contributed by atoms with Crippen LogP contribution in [0.1, 0.15) is 0 Å². The molecule has 0 fully saturated rings. The first-order valence-electron chi connectivity index (χ1n) is 5.65. The molecule has 0 spiro atoms. The normalized spacial score (nSPS) is 10.3. The van der Waals surface area contributed by atoms with Crippen molar-refractivity contribution in [1.82, 2.24) is 0 Å². The highest BCUT2D eigenvalue weighted by Gasteiger charge is 2.13. The van der Waals surface area contributed by atoms with Crippen LogP contribution < -0.4 is 15.4 Å². The minimum absolute atomic E-state index is 0.233. The summed E-state index contributed by atoms with van der Waals surface area (Å²) in [6.07, 6.45) is 0. The van der Waals surface area contributed by atoms with Crippen molar-refractivity contribution in [2.45, 2.75) is 0 Å². The molecule has 2 N–H and O–H groups in total. The molecule has 19 heavy (non-hydrogen) atoms. The van der Waals surface area contributed by atoms with Crippen LogP contribution in [0.15, 0.2) is 36.4 Å². The highest BCUT2D eigenvalue weighted by molar-refractivity contribution is 5.69. The molecular formula is C14H14F2N2O. The number of anilines is 3. The van der Waals surface area contributed by atoms with Crippen LogP contribution >= 0.6 is 0 Å². The molecule has 0 radical (unpaired) electrons. The molecule has 0 aliphatic heterocycles. The molecule has 2 rings (SSSR count). The van der Waals surface area contributed by atoms with Crippen LogP contribution in [0.3, 0.4) is 0 Å². The topological polar surface area (TPSA) is 38.5 Å². The van der Waals surface area contributed by atoms with Gasteiger partial charge >= 0.3 is 0 Å². The standard InChI is InChI=1S/C14H14F2N2O/c1-18(10-5-3-9(15)4-6-10)13-8-14(19-2)12(17)7-11(13)16/h3-8H,17H2,1-2H3. The molecule has 2 aromatic rings. The largest absolute Gasteiger partial charge is 0.495 e. The fraction of sp³-hybridized carbons (Fsp3) is 0.143. The van der Waals surface area contributed by atoms with Gasteiger partial charge in [-0.25, -0.2) is 8.78 Å². The maximum absolute atomic E-state index is 13.9. The molecule has 5 heteroatoms. The lowest BCUT2D eigenvalue weighted by atomic mass is 10.2. The average molecular weight is 264 g/mol. The smallest absolute Gasteiger partial charge is 0.149 e. The SMILES string of the molecule is COc1cc(N(C)c2ccc(F)cc2)c(F)cc1N. The first-order chi connectivity index (χ1) is 9.02.